The Morgan fingerprint density at radius 3 is 0.762 bits per heavy atom. The zero-order valence-corrected chi connectivity index (χ0v) is 9.06. The minimum atomic E-state index is -6.62. The topological polar surface area (TPSA) is 18.5 Å². The Morgan fingerprint density at radius 2 is 0.667 bits per heavy atom. The maximum absolute atomic E-state index is 12.4. The van der Waals surface area contributed by atoms with Gasteiger partial charge in [0.25, 0.3) is 11.2 Å². The molecule has 21 heavy (non-hydrogen) atoms. The van der Waals surface area contributed by atoms with E-state index in [2.05, 4.69) is 9.78 Å². The lowest BCUT2D eigenvalue weighted by Gasteiger charge is -2.33. The van der Waals surface area contributed by atoms with Gasteiger partial charge >= 0.3 is 24.7 Å². The van der Waals surface area contributed by atoms with Gasteiger partial charge in [0.05, 0.1) is 0 Å². The molecule has 0 unspecified atom stereocenters. The van der Waals surface area contributed by atoms with Gasteiger partial charge in [0, 0.05) is 6.42 Å². The smallest absolute Gasteiger partial charge is 0.209 e. The average molecular weight is 346 g/mol. The van der Waals surface area contributed by atoms with E-state index in [9.17, 15) is 52.7 Å². The second-order valence-corrected chi connectivity index (χ2v) is 3.99. The van der Waals surface area contributed by atoms with Crippen molar-refractivity contribution >= 4 is 0 Å². The van der Waals surface area contributed by atoms with E-state index >= 15 is 0 Å². The van der Waals surface area contributed by atoms with Gasteiger partial charge < -0.3 is 0 Å². The van der Waals surface area contributed by atoms with Crippen molar-refractivity contribution in [2.75, 3.05) is 0 Å². The highest BCUT2D eigenvalue weighted by atomic mass is 19.4. The first kappa shape index (κ1) is 18.1. The first-order chi connectivity index (χ1) is 8.91. The van der Waals surface area contributed by atoms with Crippen LogP contribution in [-0.2, 0) is 9.78 Å². The van der Waals surface area contributed by atoms with E-state index < -0.39 is 42.3 Å². The summed E-state index contributed by atoms with van der Waals surface area (Å²) in [6, 6.07) is 0. The summed E-state index contributed by atoms with van der Waals surface area (Å²) in [6.07, 6.45) is -30.1. The number of hydrogen-bond donors (Lipinski definition) is 0. The van der Waals surface area contributed by atoms with Crippen LogP contribution in [0, 0.1) is 0 Å². The quantitative estimate of drug-likeness (QED) is 0.486. The van der Waals surface area contributed by atoms with E-state index in [-0.39, 0.29) is 0 Å². The highest BCUT2D eigenvalue weighted by Crippen LogP contribution is 2.62. The fourth-order valence-corrected chi connectivity index (χ4v) is 1.46. The highest BCUT2D eigenvalue weighted by Gasteiger charge is 2.88. The molecule has 0 saturated carbocycles. The first-order valence-corrected chi connectivity index (χ1v) is 4.55. The molecule has 0 spiro atoms. The lowest BCUT2D eigenvalue weighted by molar-refractivity contribution is -0.490. The van der Waals surface area contributed by atoms with Crippen LogP contribution in [0.2, 0.25) is 0 Å². The summed E-state index contributed by atoms with van der Waals surface area (Å²) in [6.45, 7) is 0. The summed E-state index contributed by atoms with van der Waals surface area (Å²) in [5.74, 6) is 0. The number of halogens is 12. The first-order valence-electron chi connectivity index (χ1n) is 4.55. The second kappa shape index (κ2) is 4.30. The van der Waals surface area contributed by atoms with Crippen molar-refractivity contribution in [1.29, 1.82) is 0 Å². The Bertz CT molecular complexity index is 332. The molecule has 0 amide bonds. The highest BCUT2D eigenvalue weighted by molar-refractivity contribution is 5.10. The molecule has 1 fully saturated rings. The van der Waals surface area contributed by atoms with Crippen molar-refractivity contribution in [1.82, 2.24) is 0 Å². The zero-order valence-electron chi connectivity index (χ0n) is 9.06. The van der Waals surface area contributed by atoms with E-state index in [0.29, 0.717) is 0 Å². The molecule has 0 atom stereocenters. The molecular formula is C7H2F12O2. The van der Waals surface area contributed by atoms with E-state index in [4.69, 9.17) is 0 Å². The lowest BCUT2D eigenvalue weighted by Crippen LogP contribution is -2.61. The van der Waals surface area contributed by atoms with Gasteiger partial charge in [-0.05, 0) is 0 Å². The molecule has 1 rings (SSSR count). The molecule has 1 aliphatic rings. The SMILES string of the molecule is FC(F)(F)C1(C(F)(F)F)CC(C(F)(F)F)(C(F)(F)F)OO1. The summed E-state index contributed by atoms with van der Waals surface area (Å²) in [7, 11) is 0. The van der Waals surface area contributed by atoms with E-state index in [0.717, 1.165) is 0 Å². The van der Waals surface area contributed by atoms with E-state index in [1.807, 2.05) is 0 Å². The van der Waals surface area contributed by atoms with Gasteiger partial charge in [0.15, 0.2) is 0 Å². The van der Waals surface area contributed by atoms with Crippen molar-refractivity contribution in [3.63, 3.8) is 0 Å². The fraction of sp³-hybridized carbons (Fsp3) is 1.00. The van der Waals surface area contributed by atoms with Crippen LogP contribution in [0.25, 0.3) is 0 Å². The van der Waals surface area contributed by atoms with Crippen LogP contribution in [0.1, 0.15) is 6.42 Å². The Balaban J connectivity index is 3.49. The van der Waals surface area contributed by atoms with Gasteiger partial charge in [0.2, 0.25) is 0 Å². The van der Waals surface area contributed by atoms with Crippen LogP contribution in [0.5, 0.6) is 0 Å². The zero-order chi connectivity index (χ0) is 17.1. The number of hydrogen-bond acceptors (Lipinski definition) is 2. The Kier molecular flexibility index (Phi) is 3.71. The largest absolute Gasteiger partial charge is 0.429 e. The molecule has 1 aliphatic heterocycles. The molecule has 1 heterocycles. The summed E-state index contributed by atoms with van der Waals surface area (Å²) in [5, 5.41) is 0. The number of rotatable bonds is 0. The van der Waals surface area contributed by atoms with Crippen LogP contribution in [-0.4, -0.2) is 35.9 Å². The van der Waals surface area contributed by atoms with Crippen molar-refractivity contribution in [3.8, 4) is 0 Å². The number of alkyl halides is 12. The van der Waals surface area contributed by atoms with Crippen LogP contribution in [0.15, 0.2) is 0 Å². The van der Waals surface area contributed by atoms with Gasteiger partial charge in [-0.1, -0.05) is 0 Å². The van der Waals surface area contributed by atoms with Crippen LogP contribution >= 0.6 is 0 Å². The molecule has 0 aromatic rings. The molecule has 0 aliphatic carbocycles. The molecule has 2 nitrogen and oxygen atoms in total. The van der Waals surface area contributed by atoms with Crippen molar-refractivity contribution in [2.45, 2.75) is 42.3 Å². The van der Waals surface area contributed by atoms with Gasteiger partial charge in [-0.3, -0.25) is 0 Å². The molecule has 0 N–H and O–H groups in total. The molecule has 0 aromatic carbocycles. The predicted octanol–water partition coefficient (Wildman–Crippen LogP) is 4.07. The van der Waals surface area contributed by atoms with Crippen molar-refractivity contribution < 1.29 is 62.5 Å². The Labute approximate surface area is 106 Å². The van der Waals surface area contributed by atoms with Crippen molar-refractivity contribution in [3.05, 3.63) is 0 Å². The van der Waals surface area contributed by atoms with Crippen LogP contribution < -0.4 is 0 Å². The monoisotopic (exact) mass is 346 g/mol. The van der Waals surface area contributed by atoms with E-state index in [1.165, 1.54) is 0 Å². The fourth-order valence-electron chi connectivity index (χ4n) is 1.46. The van der Waals surface area contributed by atoms with Gasteiger partial charge in [-0.25, -0.2) is 9.78 Å². The van der Waals surface area contributed by atoms with Gasteiger partial charge in [-0.15, -0.1) is 0 Å². The third kappa shape index (κ3) is 2.41. The predicted molar refractivity (Wildman–Crippen MR) is 36.5 cm³/mol. The molecular weight excluding hydrogens is 344 g/mol. The normalized spacial score (nSPS) is 23.4. The third-order valence-electron chi connectivity index (χ3n) is 2.66. The lowest BCUT2D eigenvalue weighted by atomic mass is 9.85. The summed E-state index contributed by atoms with van der Waals surface area (Å²) < 4.78 is 148. The molecule has 14 heteroatoms. The molecule has 0 radical (unpaired) electrons. The van der Waals surface area contributed by atoms with Gasteiger partial charge in [-0.2, -0.15) is 52.7 Å². The summed E-state index contributed by atoms with van der Waals surface area (Å²) in [4.78, 5) is 5.10. The minimum Gasteiger partial charge on any atom is -0.209 e. The second-order valence-electron chi connectivity index (χ2n) is 3.99. The standard InChI is InChI=1S/C7H2F12O2/c8-4(9,10)2(5(11,12)13)1-3(21-20-2,6(14,15)16)7(17,18)19/h1H2. The third-order valence-corrected chi connectivity index (χ3v) is 2.66. The minimum absolute atomic E-state index is 2.55. The summed E-state index contributed by atoms with van der Waals surface area (Å²) in [5.41, 5.74) is -11.5. The van der Waals surface area contributed by atoms with Gasteiger partial charge in [0.1, 0.15) is 0 Å². The van der Waals surface area contributed by atoms with E-state index in [1.54, 1.807) is 0 Å². The molecule has 0 bridgehead atoms. The van der Waals surface area contributed by atoms with Crippen molar-refractivity contribution in [2.24, 2.45) is 0 Å². The Hall–Kier alpha value is -0.920. The van der Waals surface area contributed by atoms with Crippen LogP contribution in [0.4, 0.5) is 52.7 Å². The molecule has 126 valence electrons. The maximum atomic E-state index is 12.4. The van der Waals surface area contributed by atoms with Crippen LogP contribution in [0.3, 0.4) is 0 Å². The maximum Gasteiger partial charge on any atom is 0.429 e. The average Bonchev–Trinajstić information content (AvgIpc) is 2.54. The summed E-state index contributed by atoms with van der Waals surface area (Å²) >= 11 is 0. The Morgan fingerprint density at radius 1 is 0.476 bits per heavy atom. The molecule has 1 saturated heterocycles. The molecule has 0 aromatic heterocycles.